The van der Waals surface area contributed by atoms with Gasteiger partial charge in [0.05, 0.1) is 16.3 Å². The third-order valence-electron chi connectivity index (χ3n) is 4.84. The highest BCUT2D eigenvalue weighted by Gasteiger charge is 2.34. The normalized spacial score (nSPS) is 16.8. The number of thioether (sulfide) groups is 1. The lowest BCUT2D eigenvalue weighted by Crippen LogP contribution is -2.28. The van der Waals surface area contributed by atoms with Crippen LogP contribution in [0.3, 0.4) is 0 Å². The number of carbonyl (C=O) groups excluding carboxylic acids is 1. The Morgan fingerprint density at radius 2 is 1.48 bits per heavy atom. The second kappa shape index (κ2) is 8.10. The third-order valence-corrected chi connectivity index (χ3v) is 5.81. The van der Waals surface area contributed by atoms with Crippen LogP contribution in [-0.2, 0) is 4.79 Å². The van der Waals surface area contributed by atoms with Crippen molar-refractivity contribution in [2.24, 2.45) is 4.99 Å². The number of aliphatic imine (C=N–C) groups is 1. The molecular formula is C25H22N2OS. The van der Waals surface area contributed by atoms with Gasteiger partial charge in [0, 0.05) is 0 Å². The Bertz CT molecular complexity index is 1100. The predicted molar refractivity (Wildman–Crippen MR) is 124 cm³/mol. The molecule has 144 valence electrons. The highest BCUT2D eigenvalue weighted by molar-refractivity contribution is 8.19. The fourth-order valence-corrected chi connectivity index (χ4v) is 4.23. The lowest BCUT2D eigenvalue weighted by molar-refractivity contribution is -0.113. The smallest absolute Gasteiger partial charge is 0.268 e. The van der Waals surface area contributed by atoms with E-state index in [0.29, 0.717) is 10.1 Å². The number of anilines is 1. The minimum absolute atomic E-state index is 0.0493. The number of benzene rings is 3. The molecule has 1 heterocycles. The zero-order valence-corrected chi connectivity index (χ0v) is 17.5. The van der Waals surface area contributed by atoms with Crippen LogP contribution in [-0.4, -0.2) is 11.1 Å². The van der Waals surface area contributed by atoms with E-state index in [4.69, 9.17) is 4.99 Å². The van der Waals surface area contributed by atoms with Crippen molar-refractivity contribution in [3.05, 3.63) is 100.0 Å². The van der Waals surface area contributed by atoms with Crippen molar-refractivity contribution < 1.29 is 4.79 Å². The van der Waals surface area contributed by atoms with Gasteiger partial charge in [-0.05, 0) is 67.4 Å². The van der Waals surface area contributed by atoms with Crippen LogP contribution in [0, 0.1) is 20.8 Å². The molecule has 4 rings (SSSR count). The first-order valence-corrected chi connectivity index (χ1v) is 10.4. The van der Waals surface area contributed by atoms with Crippen LogP contribution in [0.4, 0.5) is 11.4 Å². The minimum atomic E-state index is -0.0493. The van der Waals surface area contributed by atoms with Gasteiger partial charge in [-0.2, -0.15) is 0 Å². The fourth-order valence-electron chi connectivity index (χ4n) is 3.25. The number of carbonyl (C=O) groups is 1. The summed E-state index contributed by atoms with van der Waals surface area (Å²) in [6.07, 6.45) is 1.94. The Morgan fingerprint density at radius 3 is 2.14 bits per heavy atom. The van der Waals surface area contributed by atoms with Gasteiger partial charge < -0.3 is 0 Å². The van der Waals surface area contributed by atoms with Crippen LogP contribution in [0.1, 0.15) is 22.3 Å². The van der Waals surface area contributed by atoms with Crippen molar-refractivity contribution in [3.8, 4) is 0 Å². The number of amidine groups is 1. The zero-order valence-electron chi connectivity index (χ0n) is 16.7. The molecule has 4 heteroatoms. The van der Waals surface area contributed by atoms with E-state index in [9.17, 15) is 4.79 Å². The molecule has 29 heavy (non-hydrogen) atoms. The van der Waals surface area contributed by atoms with E-state index in [0.717, 1.165) is 28.1 Å². The van der Waals surface area contributed by atoms with Crippen LogP contribution in [0.2, 0.25) is 0 Å². The summed E-state index contributed by atoms with van der Waals surface area (Å²) in [4.78, 5) is 20.6. The molecule has 0 atom stereocenters. The summed E-state index contributed by atoms with van der Waals surface area (Å²) in [7, 11) is 0. The van der Waals surface area contributed by atoms with Gasteiger partial charge in [-0.25, -0.2) is 4.99 Å². The van der Waals surface area contributed by atoms with E-state index in [1.54, 1.807) is 4.90 Å². The number of nitrogens with zero attached hydrogens (tertiary/aromatic N) is 2. The molecule has 1 aliphatic rings. The SMILES string of the molecule is Cc1ccc(/C=C2/SC(=Nc3c(C)cccc3C)N(c3ccccc3)C2=O)cc1. The molecule has 1 fully saturated rings. The van der Waals surface area contributed by atoms with Gasteiger partial charge in [-0.1, -0.05) is 66.2 Å². The molecular weight excluding hydrogens is 376 g/mol. The molecule has 3 aromatic carbocycles. The highest BCUT2D eigenvalue weighted by Crippen LogP contribution is 2.38. The summed E-state index contributed by atoms with van der Waals surface area (Å²) in [5, 5.41) is 0.678. The molecule has 1 aliphatic heterocycles. The number of hydrogen-bond acceptors (Lipinski definition) is 3. The molecule has 0 unspecified atom stereocenters. The van der Waals surface area contributed by atoms with Crippen LogP contribution < -0.4 is 4.90 Å². The van der Waals surface area contributed by atoms with Gasteiger partial charge >= 0.3 is 0 Å². The Labute approximate surface area is 175 Å². The number of para-hydroxylation sites is 2. The molecule has 0 bridgehead atoms. The molecule has 0 spiro atoms. The van der Waals surface area contributed by atoms with E-state index in [1.165, 1.54) is 17.3 Å². The third kappa shape index (κ3) is 4.03. The van der Waals surface area contributed by atoms with E-state index in [2.05, 4.69) is 19.1 Å². The van der Waals surface area contributed by atoms with E-state index < -0.39 is 0 Å². The van der Waals surface area contributed by atoms with Crippen molar-refractivity contribution in [2.75, 3.05) is 4.90 Å². The van der Waals surface area contributed by atoms with E-state index in [1.807, 2.05) is 80.6 Å². The van der Waals surface area contributed by atoms with Crippen LogP contribution in [0.15, 0.2) is 82.7 Å². The zero-order chi connectivity index (χ0) is 20.4. The van der Waals surface area contributed by atoms with Crippen LogP contribution >= 0.6 is 11.8 Å². The summed E-state index contributed by atoms with van der Waals surface area (Å²) in [6, 6.07) is 24.0. The quantitative estimate of drug-likeness (QED) is 0.477. The first kappa shape index (κ1) is 19.2. The van der Waals surface area contributed by atoms with Crippen molar-refractivity contribution >= 4 is 40.3 Å². The van der Waals surface area contributed by atoms with Gasteiger partial charge in [0.25, 0.3) is 5.91 Å². The van der Waals surface area contributed by atoms with Gasteiger partial charge in [0.1, 0.15) is 0 Å². The Kier molecular flexibility index (Phi) is 5.36. The summed E-state index contributed by atoms with van der Waals surface area (Å²) in [6.45, 7) is 6.15. The first-order valence-electron chi connectivity index (χ1n) is 9.53. The molecule has 0 aliphatic carbocycles. The van der Waals surface area contributed by atoms with Crippen molar-refractivity contribution in [2.45, 2.75) is 20.8 Å². The summed E-state index contributed by atoms with van der Waals surface area (Å²) >= 11 is 1.42. The number of aryl methyl sites for hydroxylation is 3. The number of hydrogen-bond donors (Lipinski definition) is 0. The van der Waals surface area contributed by atoms with Crippen LogP contribution in [0.5, 0.6) is 0 Å². The van der Waals surface area contributed by atoms with E-state index >= 15 is 0 Å². The summed E-state index contributed by atoms with van der Waals surface area (Å²) in [5.41, 5.74) is 6.13. The van der Waals surface area contributed by atoms with Gasteiger partial charge in [0.2, 0.25) is 0 Å². The number of amides is 1. The van der Waals surface area contributed by atoms with Gasteiger partial charge in [0.15, 0.2) is 5.17 Å². The van der Waals surface area contributed by atoms with Gasteiger partial charge in [-0.3, -0.25) is 9.69 Å². The number of rotatable bonds is 3. The molecule has 3 aromatic rings. The Balaban J connectivity index is 1.81. The predicted octanol–water partition coefficient (Wildman–Crippen LogP) is 6.42. The standard InChI is InChI=1S/C25H22N2OS/c1-17-12-14-20(15-13-17)16-22-24(28)27(21-10-5-4-6-11-21)25(29-22)26-23-18(2)8-7-9-19(23)3/h4-16H,1-3H3/b22-16+,26-25?. The molecule has 0 saturated carbocycles. The Hall–Kier alpha value is -3.11. The lowest BCUT2D eigenvalue weighted by Gasteiger charge is -2.16. The first-order chi connectivity index (χ1) is 14.0. The Morgan fingerprint density at radius 1 is 0.828 bits per heavy atom. The molecule has 0 aromatic heterocycles. The summed E-state index contributed by atoms with van der Waals surface area (Å²) in [5.74, 6) is -0.0493. The molecule has 3 nitrogen and oxygen atoms in total. The lowest BCUT2D eigenvalue weighted by atomic mass is 10.1. The van der Waals surface area contributed by atoms with Crippen molar-refractivity contribution in [1.82, 2.24) is 0 Å². The van der Waals surface area contributed by atoms with Crippen molar-refractivity contribution in [1.29, 1.82) is 0 Å². The minimum Gasteiger partial charge on any atom is -0.268 e. The monoisotopic (exact) mass is 398 g/mol. The molecule has 0 N–H and O–H groups in total. The second-order valence-electron chi connectivity index (χ2n) is 7.13. The highest BCUT2D eigenvalue weighted by atomic mass is 32.2. The maximum absolute atomic E-state index is 13.3. The molecule has 0 radical (unpaired) electrons. The second-order valence-corrected chi connectivity index (χ2v) is 8.14. The van der Waals surface area contributed by atoms with Gasteiger partial charge in [-0.15, -0.1) is 0 Å². The topological polar surface area (TPSA) is 32.7 Å². The maximum atomic E-state index is 13.3. The largest absolute Gasteiger partial charge is 0.271 e. The average molecular weight is 399 g/mol. The molecule has 1 amide bonds. The summed E-state index contributed by atoms with van der Waals surface area (Å²) < 4.78 is 0. The molecule has 1 saturated heterocycles. The van der Waals surface area contributed by atoms with Crippen molar-refractivity contribution in [3.63, 3.8) is 0 Å². The van der Waals surface area contributed by atoms with Crippen LogP contribution in [0.25, 0.3) is 6.08 Å². The maximum Gasteiger partial charge on any atom is 0.271 e. The fraction of sp³-hybridized carbons (Fsp3) is 0.120. The average Bonchev–Trinajstić information content (AvgIpc) is 3.02. The van der Waals surface area contributed by atoms with E-state index in [-0.39, 0.29) is 5.91 Å².